The normalized spacial score (nSPS) is 17.1. The second kappa shape index (κ2) is 10.1. The lowest BCUT2D eigenvalue weighted by atomic mass is 9.75. The average molecular weight is 451 g/mol. The van der Waals surface area contributed by atoms with Crippen molar-refractivity contribution in [3.63, 3.8) is 0 Å². The Morgan fingerprint density at radius 1 is 0.968 bits per heavy atom. The highest BCUT2D eigenvalue weighted by Crippen LogP contribution is 2.47. The minimum atomic E-state index is -0.552. The molecule has 0 bridgehead atoms. The third kappa shape index (κ3) is 4.26. The standard InChI is InChI=1S/C25H26ClN2P.CH2O/c1-3-24-27-18(2)17-28(24)25(19-9-5-4-6-10-19,20-13-15-21(29)16-14-20)22-11-7-8-12-23(22)26;1-2/h4-17,24,27H,3,29H2,1-2H3;1H2. The van der Waals surface area contributed by atoms with Crippen molar-refractivity contribution in [1.29, 1.82) is 0 Å². The first kappa shape index (κ1) is 23.1. The van der Waals surface area contributed by atoms with Crippen molar-refractivity contribution in [2.24, 2.45) is 0 Å². The zero-order valence-electron chi connectivity index (χ0n) is 17.9. The summed E-state index contributed by atoms with van der Waals surface area (Å²) < 4.78 is 0. The molecule has 0 aromatic heterocycles. The zero-order valence-corrected chi connectivity index (χ0v) is 19.8. The lowest BCUT2D eigenvalue weighted by Crippen LogP contribution is -2.51. The first-order valence-corrected chi connectivity index (χ1v) is 11.2. The molecule has 160 valence electrons. The highest BCUT2D eigenvalue weighted by Gasteiger charge is 2.46. The minimum Gasteiger partial charge on any atom is -0.368 e. The molecule has 0 aliphatic carbocycles. The predicted molar refractivity (Wildman–Crippen MR) is 133 cm³/mol. The van der Waals surface area contributed by atoms with Crippen molar-refractivity contribution < 1.29 is 4.79 Å². The van der Waals surface area contributed by atoms with Crippen LogP contribution in [-0.4, -0.2) is 17.9 Å². The molecule has 1 heterocycles. The lowest BCUT2D eigenvalue weighted by Gasteiger charge is -2.47. The van der Waals surface area contributed by atoms with Gasteiger partial charge < -0.3 is 15.0 Å². The van der Waals surface area contributed by atoms with Gasteiger partial charge in [0, 0.05) is 22.5 Å². The predicted octanol–water partition coefficient (Wildman–Crippen LogP) is 5.45. The molecular formula is C26H28ClN2OP. The second-order valence-electron chi connectivity index (χ2n) is 7.47. The van der Waals surface area contributed by atoms with Crippen LogP contribution in [0.3, 0.4) is 0 Å². The van der Waals surface area contributed by atoms with Crippen LogP contribution in [0.4, 0.5) is 0 Å². The Morgan fingerprint density at radius 3 is 2.16 bits per heavy atom. The number of halogens is 1. The monoisotopic (exact) mass is 450 g/mol. The second-order valence-corrected chi connectivity index (χ2v) is 8.54. The summed E-state index contributed by atoms with van der Waals surface area (Å²) in [5.41, 5.74) is 4.07. The molecule has 1 aliphatic rings. The third-order valence-electron chi connectivity index (χ3n) is 5.62. The van der Waals surface area contributed by atoms with E-state index in [9.17, 15) is 0 Å². The molecule has 3 aromatic rings. The number of hydrogen-bond donors (Lipinski definition) is 1. The number of carbonyl (C=O) groups excluding carboxylic acids is 1. The summed E-state index contributed by atoms with van der Waals surface area (Å²) >= 11 is 6.87. The van der Waals surface area contributed by atoms with Crippen LogP contribution in [0.15, 0.2) is 90.8 Å². The summed E-state index contributed by atoms with van der Waals surface area (Å²) in [5, 5.41) is 5.56. The van der Waals surface area contributed by atoms with Gasteiger partial charge in [-0.2, -0.15) is 0 Å². The highest BCUT2D eigenvalue weighted by molar-refractivity contribution is 7.27. The van der Waals surface area contributed by atoms with Gasteiger partial charge in [0.25, 0.3) is 0 Å². The van der Waals surface area contributed by atoms with Crippen molar-refractivity contribution in [2.75, 3.05) is 0 Å². The number of benzene rings is 3. The van der Waals surface area contributed by atoms with Crippen LogP contribution in [0, 0.1) is 0 Å². The lowest BCUT2D eigenvalue weighted by molar-refractivity contribution is -0.0979. The van der Waals surface area contributed by atoms with Crippen molar-refractivity contribution in [3.05, 3.63) is 112 Å². The van der Waals surface area contributed by atoms with Crippen LogP contribution >= 0.6 is 20.8 Å². The molecule has 3 nitrogen and oxygen atoms in total. The number of carbonyl (C=O) groups is 1. The molecule has 0 amide bonds. The molecule has 5 heteroatoms. The van der Waals surface area contributed by atoms with Gasteiger partial charge in [0.2, 0.25) is 0 Å². The van der Waals surface area contributed by atoms with E-state index in [4.69, 9.17) is 16.4 Å². The van der Waals surface area contributed by atoms with Crippen molar-refractivity contribution in [1.82, 2.24) is 10.2 Å². The van der Waals surface area contributed by atoms with Gasteiger partial charge in [-0.1, -0.05) is 91.3 Å². The van der Waals surface area contributed by atoms with Crippen LogP contribution in [0.5, 0.6) is 0 Å². The van der Waals surface area contributed by atoms with Crippen molar-refractivity contribution in [3.8, 4) is 0 Å². The minimum absolute atomic E-state index is 0.169. The van der Waals surface area contributed by atoms with Gasteiger partial charge in [0.05, 0.1) is 6.17 Å². The number of rotatable bonds is 5. The Balaban J connectivity index is 0.00000132. The summed E-state index contributed by atoms with van der Waals surface area (Å²) in [4.78, 5) is 10.4. The summed E-state index contributed by atoms with van der Waals surface area (Å²) in [6.45, 7) is 6.34. The maximum Gasteiger partial charge on any atom is 0.119 e. The van der Waals surface area contributed by atoms with Crippen LogP contribution in [-0.2, 0) is 10.3 Å². The topological polar surface area (TPSA) is 32.3 Å². The molecular weight excluding hydrogens is 423 g/mol. The highest BCUT2D eigenvalue weighted by atomic mass is 35.5. The molecule has 0 spiro atoms. The number of nitrogens with one attached hydrogen (secondary N) is 1. The Bertz CT molecular complexity index is 1040. The maximum absolute atomic E-state index is 8.00. The molecule has 1 aliphatic heterocycles. The van der Waals surface area contributed by atoms with Crippen molar-refractivity contribution in [2.45, 2.75) is 32.0 Å². The quantitative estimate of drug-likeness (QED) is 0.414. The molecule has 0 radical (unpaired) electrons. The van der Waals surface area contributed by atoms with Crippen molar-refractivity contribution >= 4 is 32.9 Å². The Morgan fingerprint density at radius 2 is 1.55 bits per heavy atom. The van der Waals surface area contributed by atoms with Gasteiger partial charge in [-0.05, 0) is 35.8 Å². The summed E-state index contributed by atoms with van der Waals surface area (Å²) in [6.07, 6.45) is 3.37. The molecule has 31 heavy (non-hydrogen) atoms. The first-order valence-electron chi connectivity index (χ1n) is 10.3. The van der Waals surface area contributed by atoms with E-state index >= 15 is 0 Å². The summed E-state index contributed by atoms with van der Waals surface area (Å²) in [6, 6.07) is 27.6. The molecule has 0 saturated carbocycles. The van der Waals surface area contributed by atoms with Gasteiger partial charge >= 0.3 is 0 Å². The van der Waals surface area contributed by atoms with Gasteiger partial charge in [-0.15, -0.1) is 9.24 Å². The number of nitrogens with zero attached hydrogens (tertiary/aromatic N) is 1. The van der Waals surface area contributed by atoms with E-state index < -0.39 is 5.54 Å². The van der Waals surface area contributed by atoms with E-state index in [-0.39, 0.29) is 6.17 Å². The molecule has 3 atom stereocenters. The number of hydrogen-bond acceptors (Lipinski definition) is 3. The number of allylic oxidation sites excluding steroid dienone is 1. The van der Waals surface area contributed by atoms with E-state index in [1.54, 1.807) is 0 Å². The van der Waals surface area contributed by atoms with Gasteiger partial charge in [0.15, 0.2) is 0 Å². The Kier molecular flexibility index (Phi) is 7.54. The van der Waals surface area contributed by atoms with Crippen LogP contribution < -0.4 is 10.6 Å². The largest absolute Gasteiger partial charge is 0.368 e. The fraction of sp³-hybridized carbons (Fsp3) is 0.192. The maximum atomic E-state index is 8.00. The Labute approximate surface area is 192 Å². The fourth-order valence-corrected chi connectivity index (χ4v) is 4.84. The van der Waals surface area contributed by atoms with Crippen LogP contribution in [0.25, 0.3) is 0 Å². The summed E-state index contributed by atoms with van der Waals surface area (Å²) in [5.74, 6) is 0. The van der Waals surface area contributed by atoms with Crippen LogP contribution in [0.1, 0.15) is 37.0 Å². The molecule has 4 rings (SSSR count). The Hall–Kier alpha value is -2.61. The van der Waals surface area contributed by atoms with E-state index in [1.165, 1.54) is 11.1 Å². The summed E-state index contributed by atoms with van der Waals surface area (Å²) in [7, 11) is 2.78. The smallest absolute Gasteiger partial charge is 0.119 e. The van der Waals surface area contributed by atoms with E-state index in [1.807, 2.05) is 18.9 Å². The average Bonchev–Trinajstić information content (AvgIpc) is 3.19. The fourth-order valence-electron chi connectivity index (χ4n) is 4.37. The molecule has 3 aromatic carbocycles. The molecule has 1 N–H and O–H groups in total. The molecule has 0 fully saturated rings. The third-order valence-corrected chi connectivity index (χ3v) is 6.33. The SMILES string of the molecule is C=O.CCC1NC(C)=CN1C(c1ccccc1)(c1ccc(P)cc1)c1ccccc1Cl. The van der Waals surface area contributed by atoms with Gasteiger partial charge in [-0.25, -0.2) is 0 Å². The van der Waals surface area contributed by atoms with E-state index in [0.29, 0.717) is 0 Å². The van der Waals surface area contributed by atoms with E-state index in [2.05, 4.69) is 106 Å². The van der Waals surface area contributed by atoms with Gasteiger partial charge in [-0.3, -0.25) is 0 Å². The van der Waals surface area contributed by atoms with Gasteiger partial charge in [0.1, 0.15) is 12.3 Å². The molecule has 3 unspecified atom stereocenters. The van der Waals surface area contributed by atoms with Crippen LogP contribution in [0.2, 0.25) is 5.02 Å². The first-order chi connectivity index (χ1) is 15.1. The van der Waals surface area contributed by atoms with E-state index in [0.717, 1.165) is 28.0 Å². The molecule has 0 saturated heterocycles. The zero-order chi connectivity index (χ0) is 22.4.